The molecule has 4 heterocycles. The van der Waals surface area contributed by atoms with Gasteiger partial charge in [0.15, 0.2) is 11.8 Å². The number of carbonyl (C=O) groups excluding carboxylic acids is 2. The Hall–Kier alpha value is -1.10. The highest BCUT2D eigenvalue weighted by atomic mass is 79.9. The molecule has 1 aromatic rings. The minimum absolute atomic E-state index is 0.139. The van der Waals surface area contributed by atoms with Gasteiger partial charge in [-0.15, -0.1) is 0 Å². The van der Waals surface area contributed by atoms with Crippen LogP contribution in [0.5, 0.6) is 0 Å². The van der Waals surface area contributed by atoms with Crippen LogP contribution in [0.4, 0.5) is 4.79 Å². The standard InChI is InChI=1S/C13H14Br2N4O4/c1-22-5-23-6-3-13-11(16-12(21)17-13)19-8(2-7(14)9(19)15)10(20)18(13)4-6/h2,6,11H,3-5H2,1H3,(H2,16,17,21)/t6-,11+,13-/m1/s1. The fourth-order valence-electron chi connectivity index (χ4n) is 3.65. The Labute approximate surface area is 148 Å². The summed E-state index contributed by atoms with van der Waals surface area (Å²) in [5.74, 6) is -0.139. The van der Waals surface area contributed by atoms with Gasteiger partial charge in [-0.05, 0) is 37.9 Å². The molecule has 0 bridgehead atoms. The van der Waals surface area contributed by atoms with Gasteiger partial charge in [0.25, 0.3) is 5.91 Å². The number of rotatable bonds is 3. The van der Waals surface area contributed by atoms with Crippen molar-refractivity contribution >= 4 is 43.8 Å². The summed E-state index contributed by atoms with van der Waals surface area (Å²) < 4.78 is 13.9. The predicted octanol–water partition coefficient (Wildman–Crippen LogP) is 1.37. The van der Waals surface area contributed by atoms with Crippen LogP contribution in [-0.4, -0.2) is 53.6 Å². The maximum atomic E-state index is 12.9. The van der Waals surface area contributed by atoms with Gasteiger partial charge in [-0.25, -0.2) is 4.79 Å². The van der Waals surface area contributed by atoms with Crippen LogP contribution in [0.15, 0.2) is 15.1 Å². The maximum absolute atomic E-state index is 12.9. The molecule has 1 spiro atoms. The molecule has 3 atom stereocenters. The van der Waals surface area contributed by atoms with Gasteiger partial charge < -0.3 is 29.6 Å². The van der Waals surface area contributed by atoms with Crippen molar-refractivity contribution in [2.75, 3.05) is 20.4 Å². The minimum Gasteiger partial charge on any atom is -0.359 e. The van der Waals surface area contributed by atoms with Crippen molar-refractivity contribution in [3.8, 4) is 0 Å². The van der Waals surface area contributed by atoms with E-state index < -0.39 is 11.8 Å². The smallest absolute Gasteiger partial charge is 0.318 e. The van der Waals surface area contributed by atoms with Crippen LogP contribution in [0, 0.1) is 0 Å². The van der Waals surface area contributed by atoms with E-state index in [1.54, 1.807) is 22.6 Å². The first-order valence-corrected chi connectivity index (χ1v) is 8.64. The molecule has 2 saturated heterocycles. The molecule has 2 fully saturated rings. The Morgan fingerprint density at radius 2 is 2.22 bits per heavy atom. The van der Waals surface area contributed by atoms with Crippen LogP contribution < -0.4 is 10.6 Å². The summed E-state index contributed by atoms with van der Waals surface area (Å²) in [6, 6.07) is 1.45. The fourth-order valence-corrected chi connectivity index (χ4v) is 4.57. The van der Waals surface area contributed by atoms with Crippen molar-refractivity contribution in [2.24, 2.45) is 0 Å². The molecule has 8 nitrogen and oxygen atoms in total. The Bertz CT molecular complexity index is 708. The minimum atomic E-state index is -0.833. The molecule has 3 aliphatic heterocycles. The number of methoxy groups -OCH3 is 1. The topological polar surface area (TPSA) is 84.8 Å². The molecule has 2 N–H and O–H groups in total. The van der Waals surface area contributed by atoms with Gasteiger partial charge in [-0.1, -0.05) is 0 Å². The third-order valence-corrected chi connectivity index (χ3v) is 6.48. The first kappa shape index (κ1) is 15.4. The Morgan fingerprint density at radius 3 is 2.96 bits per heavy atom. The summed E-state index contributed by atoms with van der Waals surface area (Å²) in [5.41, 5.74) is -0.318. The molecule has 4 rings (SSSR count). The van der Waals surface area contributed by atoms with Crippen LogP contribution >= 0.6 is 31.9 Å². The highest BCUT2D eigenvalue weighted by molar-refractivity contribution is 9.13. The van der Waals surface area contributed by atoms with Crippen molar-refractivity contribution in [3.63, 3.8) is 0 Å². The van der Waals surface area contributed by atoms with E-state index in [1.165, 1.54) is 0 Å². The normalized spacial score (nSPS) is 31.5. The summed E-state index contributed by atoms with van der Waals surface area (Å²) in [5, 5.41) is 5.83. The quantitative estimate of drug-likeness (QED) is 0.682. The first-order chi connectivity index (χ1) is 11.0. The van der Waals surface area contributed by atoms with Crippen LogP contribution in [-0.2, 0) is 9.47 Å². The third kappa shape index (κ3) is 2.01. The number of carbonyl (C=O) groups is 2. The number of aromatic nitrogens is 1. The average molecular weight is 450 g/mol. The second-order valence-electron chi connectivity index (χ2n) is 5.78. The second-order valence-corrected chi connectivity index (χ2v) is 7.38. The summed E-state index contributed by atoms with van der Waals surface area (Å²) in [4.78, 5) is 26.6. The van der Waals surface area contributed by atoms with Gasteiger partial charge in [-0.2, -0.15) is 0 Å². The molecule has 1 aromatic heterocycles. The lowest BCUT2D eigenvalue weighted by atomic mass is 10.0. The van der Waals surface area contributed by atoms with E-state index in [-0.39, 0.29) is 24.8 Å². The SMILES string of the molecule is COCO[C@H]1CN2C(=O)c3cc(Br)c(Br)n3[C@@H]3NC(=O)N[C@@]32C1. The summed E-state index contributed by atoms with van der Waals surface area (Å²) in [7, 11) is 1.55. The maximum Gasteiger partial charge on any atom is 0.318 e. The number of halogens is 2. The van der Waals surface area contributed by atoms with Gasteiger partial charge in [0.05, 0.1) is 10.6 Å². The van der Waals surface area contributed by atoms with Gasteiger partial charge >= 0.3 is 6.03 Å². The zero-order valence-corrected chi connectivity index (χ0v) is 15.3. The van der Waals surface area contributed by atoms with E-state index in [0.29, 0.717) is 18.7 Å². The van der Waals surface area contributed by atoms with E-state index >= 15 is 0 Å². The number of amides is 3. The van der Waals surface area contributed by atoms with Crippen LogP contribution in [0.3, 0.4) is 0 Å². The van der Waals surface area contributed by atoms with E-state index in [9.17, 15) is 9.59 Å². The zero-order valence-electron chi connectivity index (χ0n) is 12.1. The van der Waals surface area contributed by atoms with Crippen molar-refractivity contribution in [2.45, 2.75) is 24.4 Å². The van der Waals surface area contributed by atoms with Crippen molar-refractivity contribution in [3.05, 3.63) is 20.8 Å². The molecule has 0 saturated carbocycles. The first-order valence-electron chi connectivity index (χ1n) is 7.05. The van der Waals surface area contributed by atoms with Crippen molar-refractivity contribution < 1.29 is 19.1 Å². The van der Waals surface area contributed by atoms with Crippen LogP contribution in [0.25, 0.3) is 0 Å². The summed E-state index contributed by atoms with van der Waals surface area (Å²) in [6.45, 7) is 0.553. The predicted molar refractivity (Wildman–Crippen MR) is 85.7 cm³/mol. The number of nitrogens with one attached hydrogen (secondary N) is 2. The number of fused-ring (bicyclic) bond motifs is 2. The molecular weight excluding hydrogens is 436 g/mol. The molecule has 124 valence electrons. The van der Waals surface area contributed by atoms with E-state index in [4.69, 9.17) is 9.47 Å². The van der Waals surface area contributed by atoms with Gasteiger partial charge in [-0.3, -0.25) is 4.79 Å². The summed E-state index contributed by atoms with van der Waals surface area (Å²) in [6.07, 6.45) is -0.111. The number of nitrogens with zero attached hydrogens (tertiary/aromatic N) is 2. The van der Waals surface area contributed by atoms with E-state index in [1.807, 2.05) is 0 Å². The average Bonchev–Trinajstić information content (AvgIpc) is 3.13. The highest BCUT2D eigenvalue weighted by Gasteiger charge is 2.62. The molecule has 0 unspecified atom stereocenters. The fraction of sp³-hybridized carbons (Fsp3) is 0.538. The Morgan fingerprint density at radius 1 is 1.43 bits per heavy atom. The molecule has 10 heteroatoms. The lowest BCUT2D eigenvalue weighted by Gasteiger charge is -2.43. The molecule has 23 heavy (non-hydrogen) atoms. The highest BCUT2D eigenvalue weighted by Crippen LogP contribution is 2.47. The second kappa shape index (κ2) is 5.20. The molecule has 0 aromatic carbocycles. The summed E-state index contributed by atoms with van der Waals surface area (Å²) >= 11 is 6.91. The lowest BCUT2D eigenvalue weighted by molar-refractivity contribution is -0.0675. The van der Waals surface area contributed by atoms with Crippen LogP contribution in [0.1, 0.15) is 23.1 Å². The Balaban J connectivity index is 1.79. The number of urea groups is 1. The lowest BCUT2D eigenvalue weighted by Crippen LogP contribution is -2.62. The molecule has 0 radical (unpaired) electrons. The molecule has 3 aliphatic rings. The molecule has 3 amide bonds. The molecular formula is C13H14Br2N4O4. The van der Waals surface area contributed by atoms with Gasteiger partial charge in [0, 0.05) is 20.1 Å². The van der Waals surface area contributed by atoms with Gasteiger partial charge in [0.2, 0.25) is 0 Å². The van der Waals surface area contributed by atoms with Crippen molar-refractivity contribution in [1.82, 2.24) is 20.1 Å². The number of hydrogen-bond donors (Lipinski definition) is 2. The van der Waals surface area contributed by atoms with Crippen molar-refractivity contribution in [1.29, 1.82) is 0 Å². The molecule has 0 aliphatic carbocycles. The Kier molecular flexibility index (Phi) is 3.49. The zero-order chi connectivity index (χ0) is 16.4. The number of ether oxygens (including phenoxy) is 2. The number of hydrogen-bond acceptors (Lipinski definition) is 4. The van der Waals surface area contributed by atoms with Crippen LogP contribution in [0.2, 0.25) is 0 Å². The van der Waals surface area contributed by atoms with E-state index in [2.05, 4.69) is 42.5 Å². The van der Waals surface area contributed by atoms with E-state index in [0.717, 1.165) is 9.08 Å². The largest absolute Gasteiger partial charge is 0.359 e. The third-order valence-electron chi connectivity index (χ3n) is 4.53. The van der Waals surface area contributed by atoms with Gasteiger partial charge in [0.1, 0.15) is 17.1 Å². The monoisotopic (exact) mass is 448 g/mol.